The van der Waals surface area contributed by atoms with E-state index >= 15 is 0 Å². The maximum Gasteiger partial charge on any atom is 0.252 e. The van der Waals surface area contributed by atoms with Crippen LogP contribution in [0, 0.1) is 6.92 Å². The number of fused-ring (bicyclic) bond motifs is 1. The van der Waals surface area contributed by atoms with E-state index in [9.17, 15) is 4.79 Å². The minimum atomic E-state index is -0.0532. The number of aryl methyl sites for hydroxylation is 1. The van der Waals surface area contributed by atoms with E-state index in [0.29, 0.717) is 13.1 Å². The summed E-state index contributed by atoms with van der Waals surface area (Å²) < 4.78 is 13.7. The summed E-state index contributed by atoms with van der Waals surface area (Å²) in [5, 5.41) is 13.8. The summed E-state index contributed by atoms with van der Waals surface area (Å²) in [4.78, 5) is 18.4. The van der Waals surface area contributed by atoms with Gasteiger partial charge in [0, 0.05) is 37.4 Å². The molecule has 0 aliphatic carbocycles. The van der Waals surface area contributed by atoms with E-state index in [-0.39, 0.29) is 23.8 Å². The van der Waals surface area contributed by atoms with Gasteiger partial charge in [0.25, 0.3) is 5.56 Å². The van der Waals surface area contributed by atoms with Crippen LogP contribution in [0.25, 0.3) is 10.9 Å². The second kappa shape index (κ2) is 10.3. The van der Waals surface area contributed by atoms with Crippen LogP contribution in [0.1, 0.15) is 62.0 Å². The van der Waals surface area contributed by atoms with Crippen LogP contribution in [0.3, 0.4) is 0 Å². The van der Waals surface area contributed by atoms with Crippen molar-refractivity contribution >= 4 is 10.9 Å². The SMILES string of the molecule is CC[C@@H](c1nnnn1C[C@H]1CCCO1)N(Cc1cc2cc(C)ccc2[nH]c1=O)C[C@@H]1CCCO1. The Morgan fingerprint density at radius 3 is 2.71 bits per heavy atom. The third-order valence-corrected chi connectivity index (χ3v) is 7.00. The van der Waals surface area contributed by atoms with Crippen molar-refractivity contribution in [2.45, 2.75) is 77.3 Å². The normalized spacial score (nSPS) is 21.6. The number of tetrazole rings is 1. The predicted octanol–water partition coefficient (Wildman–Crippen LogP) is 3.13. The van der Waals surface area contributed by atoms with Gasteiger partial charge >= 0.3 is 0 Å². The molecule has 9 nitrogen and oxygen atoms in total. The van der Waals surface area contributed by atoms with Gasteiger partial charge in [-0.15, -0.1) is 5.10 Å². The molecule has 0 bridgehead atoms. The molecule has 0 radical (unpaired) electrons. The van der Waals surface area contributed by atoms with Crippen LogP contribution in [-0.2, 0) is 22.6 Å². The molecule has 0 unspecified atom stereocenters. The lowest BCUT2D eigenvalue weighted by molar-refractivity contribution is 0.0470. The number of benzene rings is 1. The molecule has 2 saturated heterocycles. The standard InChI is InChI=1S/C25H34N6O3/c1-3-23(24-27-28-29-31(24)16-21-7-5-11-34-21)30(15-20-6-4-10-33-20)14-19-13-18-12-17(2)8-9-22(18)26-25(19)32/h8-9,12-13,20-21,23H,3-7,10-11,14-16H2,1-2H3,(H,26,32)/t20-,21+,23-/m0/s1. The third-order valence-electron chi connectivity index (χ3n) is 7.00. The number of rotatable bonds is 9. The van der Waals surface area contributed by atoms with E-state index in [1.165, 1.54) is 5.56 Å². The quantitative estimate of drug-likeness (QED) is 0.517. The lowest BCUT2D eigenvalue weighted by atomic mass is 10.1. The van der Waals surface area contributed by atoms with E-state index in [1.54, 1.807) is 0 Å². The van der Waals surface area contributed by atoms with Gasteiger partial charge in [-0.1, -0.05) is 18.6 Å². The van der Waals surface area contributed by atoms with Gasteiger partial charge in [0.2, 0.25) is 0 Å². The van der Waals surface area contributed by atoms with Crippen LogP contribution in [0.15, 0.2) is 29.1 Å². The fourth-order valence-electron chi connectivity index (χ4n) is 5.22. The Balaban J connectivity index is 1.46. The molecular weight excluding hydrogens is 432 g/mol. The van der Waals surface area contributed by atoms with Gasteiger partial charge in [-0.05, 0) is 73.0 Å². The first kappa shape index (κ1) is 23.1. The molecule has 4 heterocycles. The van der Waals surface area contributed by atoms with Crippen LogP contribution in [0.2, 0.25) is 0 Å². The molecule has 0 spiro atoms. The van der Waals surface area contributed by atoms with Crippen molar-refractivity contribution in [3.8, 4) is 0 Å². The van der Waals surface area contributed by atoms with E-state index < -0.39 is 0 Å². The highest BCUT2D eigenvalue weighted by Crippen LogP contribution is 2.27. The lowest BCUT2D eigenvalue weighted by Crippen LogP contribution is -2.38. The van der Waals surface area contributed by atoms with Crippen LogP contribution in [0.4, 0.5) is 0 Å². The Labute approximate surface area is 199 Å². The van der Waals surface area contributed by atoms with Gasteiger partial charge in [-0.25, -0.2) is 4.68 Å². The number of ether oxygens (including phenoxy) is 2. The summed E-state index contributed by atoms with van der Waals surface area (Å²) in [6, 6.07) is 8.08. The highest BCUT2D eigenvalue weighted by Gasteiger charge is 2.30. The predicted molar refractivity (Wildman–Crippen MR) is 129 cm³/mol. The number of nitrogens with one attached hydrogen (secondary N) is 1. The molecule has 2 aromatic heterocycles. The van der Waals surface area contributed by atoms with Crippen molar-refractivity contribution in [2.75, 3.05) is 19.8 Å². The highest BCUT2D eigenvalue weighted by molar-refractivity contribution is 5.79. The number of nitrogens with zero attached hydrogens (tertiary/aromatic N) is 5. The molecule has 1 N–H and O–H groups in total. The van der Waals surface area contributed by atoms with Crippen molar-refractivity contribution in [3.63, 3.8) is 0 Å². The van der Waals surface area contributed by atoms with Gasteiger partial charge in [0.05, 0.1) is 24.8 Å². The van der Waals surface area contributed by atoms with Gasteiger partial charge < -0.3 is 14.5 Å². The van der Waals surface area contributed by atoms with E-state index in [0.717, 1.165) is 74.2 Å². The lowest BCUT2D eigenvalue weighted by Gasteiger charge is -2.32. The summed E-state index contributed by atoms with van der Waals surface area (Å²) in [5.41, 5.74) is 2.72. The summed E-state index contributed by atoms with van der Waals surface area (Å²) in [5.74, 6) is 0.823. The average Bonchev–Trinajstić information content (AvgIpc) is 3.60. The number of H-pyrrole nitrogens is 1. The van der Waals surface area contributed by atoms with Crippen LogP contribution < -0.4 is 5.56 Å². The molecule has 0 saturated carbocycles. The monoisotopic (exact) mass is 466 g/mol. The molecule has 3 aromatic rings. The van der Waals surface area contributed by atoms with Gasteiger partial charge in [0.1, 0.15) is 0 Å². The first-order valence-corrected chi connectivity index (χ1v) is 12.5. The van der Waals surface area contributed by atoms with Gasteiger partial charge in [-0.2, -0.15) is 0 Å². The summed E-state index contributed by atoms with van der Waals surface area (Å²) in [6.45, 7) is 7.70. The largest absolute Gasteiger partial charge is 0.377 e. The fraction of sp³-hybridized carbons (Fsp3) is 0.600. The van der Waals surface area contributed by atoms with E-state index in [2.05, 4.69) is 45.3 Å². The molecule has 34 heavy (non-hydrogen) atoms. The highest BCUT2D eigenvalue weighted by atomic mass is 16.5. The van der Waals surface area contributed by atoms with E-state index in [1.807, 2.05) is 22.9 Å². The second-order valence-electron chi connectivity index (χ2n) is 9.56. The molecular formula is C25H34N6O3. The Morgan fingerprint density at radius 2 is 1.97 bits per heavy atom. The average molecular weight is 467 g/mol. The van der Waals surface area contributed by atoms with Crippen molar-refractivity contribution in [2.24, 2.45) is 0 Å². The number of pyridine rings is 1. The zero-order valence-corrected chi connectivity index (χ0v) is 20.1. The molecule has 2 aliphatic rings. The fourth-order valence-corrected chi connectivity index (χ4v) is 5.22. The minimum Gasteiger partial charge on any atom is -0.377 e. The minimum absolute atomic E-state index is 0.0341. The maximum atomic E-state index is 13.0. The summed E-state index contributed by atoms with van der Waals surface area (Å²) in [7, 11) is 0. The molecule has 2 aliphatic heterocycles. The molecule has 182 valence electrons. The molecule has 5 rings (SSSR count). The number of hydrogen-bond donors (Lipinski definition) is 1. The Morgan fingerprint density at radius 1 is 1.18 bits per heavy atom. The Bertz CT molecular complexity index is 1160. The molecule has 1 aromatic carbocycles. The van der Waals surface area contributed by atoms with Crippen LogP contribution in [0.5, 0.6) is 0 Å². The molecule has 2 fully saturated rings. The first-order chi connectivity index (χ1) is 16.6. The maximum absolute atomic E-state index is 13.0. The number of hydrogen-bond acceptors (Lipinski definition) is 7. The van der Waals surface area contributed by atoms with Crippen molar-refractivity contribution in [1.82, 2.24) is 30.1 Å². The van der Waals surface area contributed by atoms with Gasteiger partial charge in [-0.3, -0.25) is 9.69 Å². The Kier molecular flexibility index (Phi) is 7.03. The van der Waals surface area contributed by atoms with E-state index in [4.69, 9.17) is 9.47 Å². The third kappa shape index (κ3) is 5.06. The first-order valence-electron chi connectivity index (χ1n) is 12.5. The number of aromatic nitrogens is 5. The number of aromatic amines is 1. The summed E-state index contributed by atoms with van der Waals surface area (Å²) >= 11 is 0. The topological polar surface area (TPSA) is 98.2 Å². The molecule has 3 atom stereocenters. The van der Waals surface area contributed by atoms with Crippen LogP contribution in [-0.4, -0.2) is 62.1 Å². The second-order valence-corrected chi connectivity index (χ2v) is 9.56. The van der Waals surface area contributed by atoms with Gasteiger partial charge in [0.15, 0.2) is 5.82 Å². The zero-order chi connectivity index (χ0) is 23.5. The Hall–Kier alpha value is -2.62. The van der Waals surface area contributed by atoms with Crippen molar-refractivity contribution in [3.05, 3.63) is 51.6 Å². The molecule has 0 amide bonds. The van der Waals surface area contributed by atoms with Crippen molar-refractivity contribution < 1.29 is 9.47 Å². The smallest absolute Gasteiger partial charge is 0.252 e. The molecule has 9 heteroatoms. The summed E-state index contributed by atoms with van der Waals surface area (Å²) in [6.07, 6.45) is 5.33. The zero-order valence-electron chi connectivity index (χ0n) is 20.1. The van der Waals surface area contributed by atoms with Crippen molar-refractivity contribution in [1.29, 1.82) is 0 Å². The van der Waals surface area contributed by atoms with Crippen LogP contribution >= 0.6 is 0 Å².